The van der Waals surface area contributed by atoms with Gasteiger partial charge in [0.15, 0.2) is 17.1 Å². The highest BCUT2D eigenvalue weighted by Crippen LogP contribution is 2.23. The maximum absolute atomic E-state index is 14.0. The molecule has 5 aromatic rings. The number of nitrogens with two attached hydrogens (primary N) is 1. The van der Waals surface area contributed by atoms with Gasteiger partial charge in [-0.25, -0.2) is 18.4 Å². The van der Waals surface area contributed by atoms with Crippen LogP contribution in [0.1, 0.15) is 0 Å². The Morgan fingerprint density at radius 3 is 2.68 bits per heavy atom. The summed E-state index contributed by atoms with van der Waals surface area (Å²) in [6.07, 6.45) is 3.25. The van der Waals surface area contributed by atoms with E-state index in [1.54, 1.807) is 41.2 Å². The molecule has 34 heavy (non-hydrogen) atoms. The van der Waals surface area contributed by atoms with Gasteiger partial charge in [-0.1, -0.05) is 0 Å². The Balaban J connectivity index is 1.27. The van der Waals surface area contributed by atoms with Gasteiger partial charge in [0.25, 0.3) is 0 Å². The monoisotopic (exact) mass is 467 g/mol. The SMILES string of the molecule is CN(CCN(C)c1ccc(F)cc1F)CCn1ncc2c1nc(N)n1nc(-c3ccco3)nc21. The van der Waals surface area contributed by atoms with E-state index >= 15 is 0 Å². The topological polar surface area (TPSA) is 107 Å². The van der Waals surface area contributed by atoms with Gasteiger partial charge in [-0.15, -0.1) is 5.10 Å². The van der Waals surface area contributed by atoms with Crippen molar-refractivity contribution in [2.75, 3.05) is 44.4 Å². The first-order valence-corrected chi connectivity index (χ1v) is 10.7. The normalized spacial score (nSPS) is 11.8. The van der Waals surface area contributed by atoms with Crippen molar-refractivity contribution in [3.8, 4) is 11.6 Å². The molecule has 0 aliphatic rings. The number of nitrogen functional groups attached to an aromatic ring is 1. The average molecular weight is 467 g/mol. The fraction of sp³-hybridized carbons (Fsp3) is 0.273. The molecule has 0 atom stereocenters. The fourth-order valence-electron chi connectivity index (χ4n) is 3.74. The lowest BCUT2D eigenvalue weighted by Gasteiger charge is -2.24. The first kappa shape index (κ1) is 21.8. The van der Waals surface area contributed by atoms with Crippen LogP contribution in [-0.4, -0.2) is 68.0 Å². The number of likely N-dealkylation sites (N-methyl/N-ethyl adjacent to an activating group) is 2. The lowest BCUT2D eigenvalue weighted by atomic mass is 10.2. The van der Waals surface area contributed by atoms with E-state index in [9.17, 15) is 8.78 Å². The fourth-order valence-corrected chi connectivity index (χ4v) is 3.74. The molecule has 176 valence electrons. The number of fused-ring (bicyclic) bond motifs is 3. The molecule has 0 radical (unpaired) electrons. The average Bonchev–Trinajstić information content (AvgIpc) is 3.55. The predicted octanol–water partition coefficient (Wildman–Crippen LogP) is 2.66. The van der Waals surface area contributed by atoms with Crippen LogP contribution < -0.4 is 10.6 Å². The van der Waals surface area contributed by atoms with Crippen LogP contribution in [0.5, 0.6) is 0 Å². The number of aromatic nitrogens is 6. The van der Waals surface area contributed by atoms with Gasteiger partial charge in [0, 0.05) is 32.7 Å². The zero-order valence-corrected chi connectivity index (χ0v) is 18.7. The van der Waals surface area contributed by atoms with Crippen LogP contribution in [0.2, 0.25) is 0 Å². The number of halogens is 2. The molecular weight excluding hydrogens is 444 g/mol. The van der Waals surface area contributed by atoms with E-state index in [2.05, 4.69) is 25.1 Å². The van der Waals surface area contributed by atoms with Crippen LogP contribution in [-0.2, 0) is 6.54 Å². The second kappa shape index (κ2) is 8.71. The minimum Gasteiger partial charge on any atom is -0.461 e. The van der Waals surface area contributed by atoms with E-state index < -0.39 is 11.6 Å². The minimum absolute atomic E-state index is 0.200. The lowest BCUT2D eigenvalue weighted by Crippen LogP contribution is -2.33. The first-order chi connectivity index (χ1) is 16.4. The van der Waals surface area contributed by atoms with Crippen molar-refractivity contribution in [2.24, 2.45) is 0 Å². The van der Waals surface area contributed by atoms with Gasteiger partial charge in [0.05, 0.1) is 30.1 Å². The van der Waals surface area contributed by atoms with Crippen LogP contribution in [0.4, 0.5) is 20.4 Å². The summed E-state index contributed by atoms with van der Waals surface area (Å²) in [4.78, 5) is 12.9. The van der Waals surface area contributed by atoms with Gasteiger partial charge in [0.1, 0.15) is 11.6 Å². The van der Waals surface area contributed by atoms with Crippen molar-refractivity contribution in [2.45, 2.75) is 6.54 Å². The number of hydrogen-bond donors (Lipinski definition) is 1. The Bertz CT molecular complexity index is 1440. The van der Waals surface area contributed by atoms with Crippen LogP contribution in [0.3, 0.4) is 0 Å². The number of benzene rings is 1. The molecule has 0 saturated carbocycles. The van der Waals surface area contributed by atoms with E-state index in [1.807, 2.05) is 7.05 Å². The Morgan fingerprint density at radius 1 is 1.06 bits per heavy atom. The summed E-state index contributed by atoms with van der Waals surface area (Å²) in [5.74, 6) is -0.0123. The largest absolute Gasteiger partial charge is 0.461 e. The molecule has 2 N–H and O–H groups in total. The van der Waals surface area contributed by atoms with Gasteiger partial charge >= 0.3 is 0 Å². The molecule has 0 aliphatic heterocycles. The Hall–Kier alpha value is -4.06. The summed E-state index contributed by atoms with van der Waals surface area (Å²) in [6.45, 7) is 2.48. The van der Waals surface area contributed by atoms with Crippen LogP contribution in [0.15, 0.2) is 47.2 Å². The van der Waals surface area contributed by atoms with Crippen LogP contribution >= 0.6 is 0 Å². The maximum atomic E-state index is 14.0. The number of nitrogens with zero attached hydrogens (tertiary/aromatic N) is 8. The number of hydrogen-bond acceptors (Lipinski definition) is 8. The molecular formula is C22H23F2N9O. The maximum Gasteiger partial charge on any atom is 0.225 e. The quantitative estimate of drug-likeness (QED) is 0.371. The highest BCUT2D eigenvalue weighted by Gasteiger charge is 2.18. The van der Waals surface area contributed by atoms with Gasteiger partial charge in [-0.05, 0) is 31.3 Å². The summed E-state index contributed by atoms with van der Waals surface area (Å²) >= 11 is 0. The molecule has 0 unspecified atom stereocenters. The molecule has 12 heteroatoms. The zero-order valence-electron chi connectivity index (χ0n) is 18.7. The molecule has 0 amide bonds. The predicted molar refractivity (Wildman–Crippen MR) is 123 cm³/mol. The molecule has 0 bridgehead atoms. The zero-order chi connectivity index (χ0) is 23.8. The summed E-state index contributed by atoms with van der Waals surface area (Å²) in [6, 6.07) is 7.13. The van der Waals surface area contributed by atoms with E-state index in [-0.39, 0.29) is 5.95 Å². The van der Waals surface area contributed by atoms with E-state index in [0.29, 0.717) is 54.7 Å². The molecule has 0 saturated heterocycles. The molecule has 5 rings (SSSR count). The van der Waals surface area contributed by atoms with Gasteiger partial charge < -0.3 is 20.0 Å². The third kappa shape index (κ3) is 4.03. The molecule has 10 nitrogen and oxygen atoms in total. The number of furan rings is 1. The molecule has 0 fully saturated rings. The standard InChI is InChI=1S/C22H23F2N9O/c1-30(7-9-31(2)17-6-5-14(23)12-16(17)24)8-10-32-20-15(13-26-32)21-27-19(18-4-3-11-34-18)29-33(21)22(25)28-20/h3-6,11-13H,7-10H2,1-2H3,(H2,25,28). The minimum atomic E-state index is -0.590. The summed E-state index contributed by atoms with van der Waals surface area (Å²) in [5, 5.41) is 9.59. The Morgan fingerprint density at radius 2 is 1.91 bits per heavy atom. The highest BCUT2D eigenvalue weighted by atomic mass is 19.1. The smallest absolute Gasteiger partial charge is 0.225 e. The third-order valence-electron chi connectivity index (χ3n) is 5.67. The molecule has 4 aromatic heterocycles. The second-order valence-electron chi connectivity index (χ2n) is 8.04. The number of anilines is 2. The number of rotatable bonds is 8. The van der Waals surface area contributed by atoms with Crippen LogP contribution in [0.25, 0.3) is 28.3 Å². The second-order valence-corrected chi connectivity index (χ2v) is 8.04. The first-order valence-electron chi connectivity index (χ1n) is 10.7. The molecule has 1 aromatic carbocycles. The van der Waals surface area contributed by atoms with Gasteiger partial charge in [-0.2, -0.15) is 14.6 Å². The van der Waals surface area contributed by atoms with Gasteiger partial charge in [-0.3, -0.25) is 0 Å². The van der Waals surface area contributed by atoms with Crippen LogP contribution in [0, 0.1) is 11.6 Å². The summed E-state index contributed by atoms with van der Waals surface area (Å²) in [7, 11) is 3.74. The molecule has 0 spiro atoms. The van der Waals surface area contributed by atoms with Gasteiger partial charge in [0.2, 0.25) is 11.8 Å². The molecule has 0 aliphatic carbocycles. The van der Waals surface area contributed by atoms with E-state index in [0.717, 1.165) is 11.5 Å². The van der Waals surface area contributed by atoms with Crippen molar-refractivity contribution < 1.29 is 13.2 Å². The lowest BCUT2D eigenvalue weighted by molar-refractivity contribution is 0.320. The Labute approximate surface area is 193 Å². The molecule has 4 heterocycles. The van der Waals surface area contributed by atoms with Crippen molar-refractivity contribution in [3.05, 3.63) is 54.4 Å². The summed E-state index contributed by atoms with van der Waals surface area (Å²) in [5.41, 5.74) is 7.66. The van der Waals surface area contributed by atoms with Crippen molar-refractivity contribution in [3.63, 3.8) is 0 Å². The van der Waals surface area contributed by atoms with Crippen molar-refractivity contribution in [1.82, 2.24) is 34.3 Å². The van der Waals surface area contributed by atoms with Crippen molar-refractivity contribution >= 4 is 28.3 Å². The van der Waals surface area contributed by atoms with E-state index in [1.165, 1.54) is 16.6 Å². The Kier molecular flexibility index (Phi) is 5.57. The highest BCUT2D eigenvalue weighted by molar-refractivity contribution is 5.90. The van der Waals surface area contributed by atoms with Crippen molar-refractivity contribution in [1.29, 1.82) is 0 Å². The third-order valence-corrected chi connectivity index (χ3v) is 5.67. The van der Waals surface area contributed by atoms with E-state index in [4.69, 9.17) is 10.2 Å². The summed E-state index contributed by atoms with van der Waals surface area (Å²) < 4.78 is 35.8.